The number of carbonyl (C=O) groups excluding carboxylic acids is 2. The number of aliphatic hydroxyl groups excluding tert-OH is 1. The number of hydrogen-bond acceptors (Lipinski definition) is 9. The standard InChI is InChI=1S/C38H34N2O7S/c1-4-44-27-13-14-28-32(20-27)48-38(39-28)40-34(24-11-16-30(31(19-24)45-5-2)46-21-23-9-7-6-8-10-23)33(36(42)37(40)43)35(41)25-12-15-29-26(18-25)17-22(3)47-29/h6-16,18-20,22,34,41H,4-5,17,21H2,1-3H3/b35-33+/t22-,34-/m1/s1. The Labute approximate surface area is 282 Å². The highest BCUT2D eigenvalue weighted by Crippen LogP contribution is 2.46. The largest absolute Gasteiger partial charge is 0.507 e. The van der Waals surface area contributed by atoms with Crippen LogP contribution in [0.2, 0.25) is 0 Å². The lowest BCUT2D eigenvalue weighted by molar-refractivity contribution is -0.132. The van der Waals surface area contributed by atoms with Crippen LogP contribution in [0.15, 0.2) is 90.5 Å². The van der Waals surface area contributed by atoms with Crippen LogP contribution in [0.3, 0.4) is 0 Å². The first-order valence-corrected chi connectivity index (χ1v) is 16.7. The van der Waals surface area contributed by atoms with Crippen LogP contribution in [0.5, 0.6) is 23.0 Å². The summed E-state index contributed by atoms with van der Waals surface area (Å²) >= 11 is 1.27. The maximum absolute atomic E-state index is 13.9. The van der Waals surface area contributed by atoms with Crippen LogP contribution in [0.25, 0.3) is 16.0 Å². The Morgan fingerprint density at radius 3 is 2.54 bits per heavy atom. The van der Waals surface area contributed by atoms with Crippen molar-refractivity contribution in [2.45, 2.75) is 45.9 Å². The molecule has 48 heavy (non-hydrogen) atoms. The molecule has 7 rings (SSSR count). The molecule has 244 valence electrons. The molecule has 2 atom stereocenters. The Morgan fingerprint density at radius 1 is 0.938 bits per heavy atom. The minimum absolute atomic E-state index is 0.00450. The van der Waals surface area contributed by atoms with E-state index in [9.17, 15) is 14.7 Å². The van der Waals surface area contributed by atoms with Gasteiger partial charge in [0.05, 0.1) is 35.0 Å². The molecule has 4 aromatic carbocycles. The van der Waals surface area contributed by atoms with E-state index in [4.69, 9.17) is 23.9 Å². The molecule has 1 N–H and O–H groups in total. The fourth-order valence-corrected chi connectivity index (χ4v) is 7.16. The van der Waals surface area contributed by atoms with Gasteiger partial charge in [0, 0.05) is 12.0 Å². The number of rotatable bonds is 10. The fraction of sp³-hybridized carbons (Fsp3) is 0.237. The summed E-state index contributed by atoms with van der Waals surface area (Å²) in [4.78, 5) is 34.0. The van der Waals surface area contributed by atoms with Crippen molar-refractivity contribution in [2.24, 2.45) is 0 Å². The van der Waals surface area contributed by atoms with Crippen molar-refractivity contribution in [2.75, 3.05) is 18.1 Å². The van der Waals surface area contributed by atoms with Gasteiger partial charge in [-0.15, -0.1) is 0 Å². The van der Waals surface area contributed by atoms with E-state index in [0.29, 0.717) is 65.3 Å². The molecule has 2 aliphatic heterocycles. The topological polar surface area (TPSA) is 107 Å². The number of aromatic nitrogens is 1. The Kier molecular flexibility index (Phi) is 8.49. The first kappa shape index (κ1) is 31.3. The van der Waals surface area contributed by atoms with Gasteiger partial charge in [0.2, 0.25) is 0 Å². The fourth-order valence-electron chi connectivity index (χ4n) is 6.14. The SMILES string of the molecule is CCOc1ccc2nc(N3C(=O)C(=O)/C(=C(/O)c4ccc5c(c4)C[C@@H](C)O5)[C@H]3c3ccc(OCc4ccccc4)c(OCC)c3)sc2c1. The molecule has 1 aromatic heterocycles. The van der Waals surface area contributed by atoms with E-state index in [1.54, 1.807) is 30.3 Å². The number of fused-ring (bicyclic) bond motifs is 2. The Morgan fingerprint density at radius 2 is 1.75 bits per heavy atom. The summed E-state index contributed by atoms with van der Waals surface area (Å²) in [5.41, 5.74) is 3.52. The van der Waals surface area contributed by atoms with Gasteiger partial charge in [-0.25, -0.2) is 4.98 Å². The lowest BCUT2D eigenvalue weighted by Crippen LogP contribution is -2.29. The zero-order valence-corrected chi connectivity index (χ0v) is 27.6. The van der Waals surface area contributed by atoms with Gasteiger partial charge in [0.15, 0.2) is 16.6 Å². The molecule has 0 saturated carbocycles. The third-order valence-electron chi connectivity index (χ3n) is 8.30. The molecular weight excluding hydrogens is 628 g/mol. The van der Waals surface area contributed by atoms with Crippen molar-refractivity contribution in [3.8, 4) is 23.0 Å². The molecule has 1 amide bonds. The number of anilines is 1. The lowest BCUT2D eigenvalue weighted by atomic mass is 9.94. The highest BCUT2D eigenvalue weighted by Gasteiger charge is 2.48. The number of Topliss-reactive ketones (excluding diaryl/α,β-unsaturated/α-hetero) is 1. The number of nitrogens with zero attached hydrogens (tertiary/aromatic N) is 2. The summed E-state index contributed by atoms with van der Waals surface area (Å²) in [6, 6.07) is 24.9. The second-order valence-corrected chi connectivity index (χ2v) is 12.6. The molecule has 2 aliphatic rings. The molecular formula is C38H34N2O7S. The van der Waals surface area contributed by atoms with Gasteiger partial charge in [-0.1, -0.05) is 47.7 Å². The molecule has 0 aliphatic carbocycles. The van der Waals surface area contributed by atoms with Crippen molar-refractivity contribution >= 4 is 44.1 Å². The van der Waals surface area contributed by atoms with Crippen molar-refractivity contribution in [3.05, 3.63) is 113 Å². The average molecular weight is 663 g/mol. The van der Waals surface area contributed by atoms with Gasteiger partial charge in [-0.2, -0.15) is 0 Å². The Hall–Kier alpha value is -5.35. The number of ether oxygens (including phenoxy) is 4. The van der Waals surface area contributed by atoms with Crippen LogP contribution in [-0.2, 0) is 22.6 Å². The third-order valence-corrected chi connectivity index (χ3v) is 9.32. The van der Waals surface area contributed by atoms with E-state index in [2.05, 4.69) is 0 Å². The Balaban J connectivity index is 1.35. The minimum Gasteiger partial charge on any atom is -0.507 e. The summed E-state index contributed by atoms with van der Waals surface area (Å²) in [6.45, 7) is 6.95. The van der Waals surface area contributed by atoms with Gasteiger partial charge >= 0.3 is 5.91 Å². The van der Waals surface area contributed by atoms with Gasteiger partial charge in [0.1, 0.15) is 30.0 Å². The smallest absolute Gasteiger partial charge is 0.301 e. The van der Waals surface area contributed by atoms with Crippen LogP contribution in [-0.4, -0.2) is 41.1 Å². The zero-order valence-electron chi connectivity index (χ0n) is 26.8. The van der Waals surface area contributed by atoms with Crippen molar-refractivity contribution in [3.63, 3.8) is 0 Å². The molecule has 5 aromatic rings. The number of aliphatic hydroxyl groups is 1. The van der Waals surface area contributed by atoms with Crippen molar-refractivity contribution < 1.29 is 33.6 Å². The first-order chi connectivity index (χ1) is 23.3. The normalized spacial score (nSPS) is 18.2. The zero-order chi connectivity index (χ0) is 33.4. The van der Waals surface area contributed by atoms with E-state index >= 15 is 0 Å². The number of ketones is 1. The number of amides is 1. The summed E-state index contributed by atoms with van der Waals surface area (Å²) < 4.78 is 24.5. The van der Waals surface area contributed by atoms with Gasteiger partial charge in [0.25, 0.3) is 5.78 Å². The summed E-state index contributed by atoms with van der Waals surface area (Å²) in [6.07, 6.45) is 0.677. The molecule has 0 radical (unpaired) electrons. The number of carbonyl (C=O) groups is 2. The molecule has 1 saturated heterocycles. The lowest BCUT2D eigenvalue weighted by Gasteiger charge is -2.24. The number of hydrogen-bond donors (Lipinski definition) is 1. The molecule has 3 heterocycles. The second kappa shape index (κ2) is 13.0. The number of thiazole rings is 1. The van der Waals surface area contributed by atoms with Gasteiger partial charge in [-0.3, -0.25) is 14.5 Å². The summed E-state index contributed by atoms with van der Waals surface area (Å²) in [7, 11) is 0. The average Bonchev–Trinajstić information content (AvgIpc) is 3.76. The minimum atomic E-state index is -0.997. The van der Waals surface area contributed by atoms with Crippen LogP contribution in [0.1, 0.15) is 49.1 Å². The second-order valence-electron chi connectivity index (χ2n) is 11.6. The summed E-state index contributed by atoms with van der Waals surface area (Å²) in [5, 5.41) is 12.1. The molecule has 10 heteroatoms. The van der Waals surface area contributed by atoms with E-state index in [0.717, 1.165) is 21.6 Å². The maximum Gasteiger partial charge on any atom is 0.301 e. The highest BCUT2D eigenvalue weighted by molar-refractivity contribution is 7.22. The predicted octanol–water partition coefficient (Wildman–Crippen LogP) is 7.62. The van der Waals surface area contributed by atoms with E-state index in [1.807, 2.05) is 75.4 Å². The van der Waals surface area contributed by atoms with Crippen LogP contribution < -0.4 is 23.8 Å². The van der Waals surface area contributed by atoms with Crippen molar-refractivity contribution in [1.29, 1.82) is 0 Å². The first-order valence-electron chi connectivity index (χ1n) is 15.9. The molecule has 1 fully saturated rings. The molecule has 0 unspecified atom stereocenters. The maximum atomic E-state index is 13.9. The van der Waals surface area contributed by atoms with E-state index in [1.165, 1.54) is 16.2 Å². The van der Waals surface area contributed by atoms with Crippen LogP contribution >= 0.6 is 11.3 Å². The van der Waals surface area contributed by atoms with E-state index < -0.39 is 17.7 Å². The monoisotopic (exact) mass is 662 g/mol. The predicted molar refractivity (Wildman–Crippen MR) is 184 cm³/mol. The number of benzene rings is 4. The Bertz CT molecular complexity index is 2060. The van der Waals surface area contributed by atoms with Gasteiger partial charge in [-0.05, 0) is 86.0 Å². The summed E-state index contributed by atoms with van der Waals surface area (Å²) in [5.74, 6) is 0.518. The van der Waals surface area contributed by atoms with Gasteiger partial charge < -0.3 is 24.1 Å². The molecule has 0 bridgehead atoms. The quantitative estimate of drug-likeness (QED) is 0.0925. The van der Waals surface area contributed by atoms with E-state index in [-0.39, 0.29) is 17.4 Å². The van der Waals surface area contributed by atoms with Crippen LogP contribution in [0.4, 0.5) is 5.13 Å². The highest BCUT2D eigenvalue weighted by atomic mass is 32.1. The molecule has 9 nitrogen and oxygen atoms in total. The van der Waals surface area contributed by atoms with Crippen LogP contribution in [0, 0.1) is 0 Å². The molecule has 0 spiro atoms. The van der Waals surface area contributed by atoms with Crippen molar-refractivity contribution in [1.82, 2.24) is 4.98 Å². The third kappa shape index (κ3) is 5.84.